The monoisotopic (exact) mass is 126 g/mol. The quantitative estimate of drug-likeness (QED) is 0.228. The minimum absolute atomic E-state index is 0.769. The van der Waals surface area contributed by atoms with Crippen LogP contribution in [0.2, 0.25) is 13.1 Å². The van der Waals surface area contributed by atoms with Crippen LogP contribution in [-0.4, -0.2) is 18.9 Å². The predicted molar refractivity (Wildman–Crippen MR) is 37.7 cm³/mol. The largest absolute Gasteiger partial charge is 0.362 e. The molecular formula is C5H10N2Si. The van der Waals surface area contributed by atoms with Crippen LogP contribution in [0.15, 0.2) is 12.7 Å². The lowest BCUT2D eigenvalue weighted by molar-refractivity contribution is 0.000791. The van der Waals surface area contributed by atoms with Crippen molar-refractivity contribution in [2.24, 2.45) is 0 Å². The molecule has 0 heterocycles. The second-order valence-electron chi connectivity index (χ2n) is 1.88. The molecule has 0 unspecified atom stereocenters. The Morgan fingerprint density at radius 2 is 2.25 bits per heavy atom. The molecule has 0 aliphatic carbocycles. The standard InChI is InChI=1S/C5H10N2Si/c1-4-5(7-6)8(2)3/h4,8H,1H2,2-3H3. The van der Waals surface area contributed by atoms with Crippen LogP contribution in [0, 0.1) is 0 Å². The molecule has 44 valence electrons. The molecule has 0 atom stereocenters. The van der Waals surface area contributed by atoms with E-state index in [9.17, 15) is 0 Å². The van der Waals surface area contributed by atoms with Gasteiger partial charge in [-0.3, -0.25) is 0 Å². The molecule has 2 nitrogen and oxygen atoms in total. The van der Waals surface area contributed by atoms with Crippen LogP contribution >= 0.6 is 0 Å². The second kappa shape index (κ2) is 3.35. The van der Waals surface area contributed by atoms with Crippen LogP contribution in [0.3, 0.4) is 0 Å². The summed E-state index contributed by atoms with van der Waals surface area (Å²) >= 11 is 0. The molecular weight excluding hydrogens is 116 g/mol. The number of nitrogens with zero attached hydrogens (tertiary/aromatic N) is 2. The molecule has 0 radical (unpaired) electrons. The maximum atomic E-state index is 8.25. The summed E-state index contributed by atoms with van der Waals surface area (Å²) in [5, 5.41) is 0.769. The van der Waals surface area contributed by atoms with Crippen LogP contribution in [0.5, 0.6) is 0 Å². The number of rotatable bonds is 2. The zero-order valence-electron chi connectivity index (χ0n) is 5.26. The van der Waals surface area contributed by atoms with Gasteiger partial charge in [0.05, 0.1) is 0 Å². The van der Waals surface area contributed by atoms with E-state index in [0.29, 0.717) is 0 Å². The minimum atomic E-state index is -0.904. The molecule has 0 aromatic carbocycles. The molecule has 0 rings (SSSR count). The van der Waals surface area contributed by atoms with E-state index in [4.69, 9.17) is 5.53 Å². The molecule has 3 heteroatoms. The number of hydrogen-bond acceptors (Lipinski definition) is 0. The maximum absolute atomic E-state index is 8.25. The van der Waals surface area contributed by atoms with Gasteiger partial charge >= 0.3 is 0 Å². The van der Waals surface area contributed by atoms with Gasteiger partial charge in [-0.05, 0) is 0 Å². The summed E-state index contributed by atoms with van der Waals surface area (Å²) in [6.07, 6.45) is 1.61. The Kier molecular flexibility index (Phi) is 3.08. The first-order valence-corrected chi connectivity index (χ1v) is 5.45. The minimum Gasteiger partial charge on any atom is -0.362 e. The summed E-state index contributed by atoms with van der Waals surface area (Å²) in [5.74, 6) is 0. The van der Waals surface area contributed by atoms with Gasteiger partial charge in [-0.15, -0.1) is 0 Å². The van der Waals surface area contributed by atoms with Gasteiger partial charge in [-0.25, -0.2) is 0 Å². The van der Waals surface area contributed by atoms with Gasteiger partial charge in [0.15, 0.2) is 8.80 Å². The van der Waals surface area contributed by atoms with Gasteiger partial charge in [0.2, 0.25) is 0 Å². The average Bonchev–Trinajstić information content (AvgIpc) is 1.69. The first-order valence-electron chi connectivity index (χ1n) is 2.56. The molecule has 8 heavy (non-hydrogen) atoms. The summed E-state index contributed by atoms with van der Waals surface area (Å²) in [6, 6.07) is 0. The Hall–Kier alpha value is -0.663. The fourth-order valence-corrected chi connectivity index (χ4v) is 1.09. The molecule has 0 spiro atoms. The molecule has 0 aromatic heterocycles. The molecule has 0 saturated heterocycles. The highest BCUT2D eigenvalue weighted by molar-refractivity contribution is 6.90. The van der Waals surface area contributed by atoms with Crippen molar-refractivity contribution in [3.8, 4) is 0 Å². The Labute approximate surface area is 51.1 Å². The molecule has 0 fully saturated rings. The highest BCUT2D eigenvalue weighted by Crippen LogP contribution is 1.81. The predicted octanol–water partition coefficient (Wildman–Crippen LogP) is 0.869. The third-order valence-corrected chi connectivity index (χ3v) is 2.45. The van der Waals surface area contributed by atoms with E-state index in [-0.39, 0.29) is 0 Å². The van der Waals surface area contributed by atoms with E-state index in [1.165, 1.54) is 0 Å². The molecule has 0 aliphatic heterocycles. The van der Waals surface area contributed by atoms with Crippen molar-refractivity contribution in [3.05, 3.63) is 18.2 Å². The normalized spacial score (nSPS) is 8.38. The van der Waals surface area contributed by atoms with Crippen molar-refractivity contribution in [2.75, 3.05) is 0 Å². The van der Waals surface area contributed by atoms with Crippen molar-refractivity contribution in [1.29, 1.82) is 0 Å². The van der Waals surface area contributed by atoms with Crippen LogP contribution in [0.25, 0.3) is 5.53 Å². The Morgan fingerprint density at radius 3 is 2.25 bits per heavy atom. The van der Waals surface area contributed by atoms with Crippen LogP contribution < -0.4 is 0 Å². The van der Waals surface area contributed by atoms with Gasteiger partial charge in [0.1, 0.15) is 0 Å². The summed E-state index contributed by atoms with van der Waals surface area (Å²) in [4.78, 5) is 3.07. The van der Waals surface area contributed by atoms with Gasteiger partial charge in [0.25, 0.3) is 5.33 Å². The Balaban J connectivity index is 4.13. The third-order valence-electron chi connectivity index (χ3n) is 0.916. The highest BCUT2D eigenvalue weighted by Gasteiger charge is 2.08. The summed E-state index contributed by atoms with van der Waals surface area (Å²) in [6.45, 7) is 7.66. The lowest BCUT2D eigenvalue weighted by Crippen LogP contribution is -2.15. The smallest absolute Gasteiger partial charge is 0.254 e. The zero-order chi connectivity index (χ0) is 6.57. The molecule has 0 amide bonds. The Morgan fingerprint density at radius 1 is 1.75 bits per heavy atom. The molecule has 0 aromatic rings. The zero-order valence-corrected chi connectivity index (χ0v) is 6.41. The molecule has 0 N–H and O–H groups in total. The summed E-state index contributed by atoms with van der Waals surface area (Å²) in [7, 11) is -0.904. The van der Waals surface area contributed by atoms with Crippen LogP contribution in [0.1, 0.15) is 0 Å². The maximum Gasteiger partial charge on any atom is 0.254 e. The van der Waals surface area contributed by atoms with Crippen molar-refractivity contribution < 1.29 is 4.79 Å². The molecule has 0 bridgehead atoms. The first kappa shape index (κ1) is 7.34. The van der Waals surface area contributed by atoms with Crippen molar-refractivity contribution in [2.45, 2.75) is 13.1 Å². The second-order valence-corrected chi connectivity index (χ2v) is 4.78. The van der Waals surface area contributed by atoms with Gasteiger partial charge in [0, 0.05) is 6.08 Å². The first-order chi connectivity index (χ1) is 3.72. The van der Waals surface area contributed by atoms with E-state index in [1.54, 1.807) is 6.08 Å². The van der Waals surface area contributed by atoms with E-state index in [0.717, 1.165) is 5.33 Å². The SMILES string of the molecule is C=CC(=[N+]=[N-])[SiH](C)C. The van der Waals surface area contributed by atoms with Crippen molar-refractivity contribution in [3.63, 3.8) is 0 Å². The number of hydrogen-bond donors (Lipinski definition) is 0. The van der Waals surface area contributed by atoms with Crippen LogP contribution in [0.4, 0.5) is 0 Å². The van der Waals surface area contributed by atoms with E-state index in [2.05, 4.69) is 24.5 Å². The van der Waals surface area contributed by atoms with Gasteiger partial charge in [-0.2, -0.15) is 4.79 Å². The van der Waals surface area contributed by atoms with Gasteiger partial charge < -0.3 is 5.53 Å². The van der Waals surface area contributed by atoms with Crippen LogP contribution in [-0.2, 0) is 0 Å². The van der Waals surface area contributed by atoms with Crippen molar-refractivity contribution >= 4 is 14.1 Å². The summed E-state index contributed by atoms with van der Waals surface area (Å²) < 4.78 is 0. The van der Waals surface area contributed by atoms with Gasteiger partial charge in [-0.1, -0.05) is 19.7 Å². The lowest BCUT2D eigenvalue weighted by atomic mass is 10.7. The Bertz CT molecular complexity index is 133. The van der Waals surface area contributed by atoms with E-state index in [1.807, 2.05) is 0 Å². The van der Waals surface area contributed by atoms with E-state index >= 15 is 0 Å². The van der Waals surface area contributed by atoms with Crippen molar-refractivity contribution in [1.82, 2.24) is 0 Å². The highest BCUT2D eigenvalue weighted by atomic mass is 28.3. The number of allylic oxidation sites excluding steroid dienone is 1. The topological polar surface area (TPSA) is 36.4 Å². The fraction of sp³-hybridized carbons (Fsp3) is 0.400. The van der Waals surface area contributed by atoms with E-state index < -0.39 is 8.80 Å². The fourth-order valence-electron chi connectivity index (χ4n) is 0.392. The molecule has 0 saturated carbocycles. The third kappa shape index (κ3) is 1.86. The summed E-state index contributed by atoms with van der Waals surface area (Å²) in [5.41, 5.74) is 8.25. The lowest BCUT2D eigenvalue weighted by Gasteiger charge is -1.85. The average molecular weight is 126 g/mol. The molecule has 0 aliphatic rings.